The topological polar surface area (TPSA) is 38.3 Å². The molecule has 9 heteroatoms. The second kappa shape index (κ2) is 7.47. The van der Waals surface area contributed by atoms with E-state index in [1.165, 1.54) is 36.6 Å². The molecule has 0 spiro atoms. The first kappa shape index (κ1) is 18.7. The van der Waals surface area contributed by atoms with E-state index in [1.807, 2.05) is 0 Å². The Hall–Kier alpha value is -0.680. The zero-order valence-electron chi connectivity index (χ0n) is 15.5. The van der Waals surface area contributed by atoms with Gasteiger partial charge >= 0.3 is 0 Å². The highest BCUT2D eigenvalue weighted by Gasteiger charge is 2.35. The van der Waals surface area contributed by atoms with Crippen molar-refractivity contribution >= 4 is 48.7 Å². The van der Waals surface area contributed by atoms with E-state index in [4.69, 9.17) is 4.74 Å². The summed E-state index contributed by atoms with van der Waals surface area (Å²) in [4.78, 5) is 2.37. The van der Waals surface area contributed by atoms with Crippen LogP contribution in [0.15, 0.2) is 6.08 Å². The maximum atomic E-state index is 6.28. The minimum absolute atomic E-state index is 0.0432. The maximum Gasteiger partial charge on any atom is 0.252 e. The summed E-state index contributed by atoms with van der Waals surface area (Å²) < 4.78 is 15.3. The highest BCUT2D eigenvalue weighted by Crippen LogP contribution is 2.36. The molecule has 0 atom stereocenters. The standard InChI is InChI=1S/C14H27B4N3OS/c1-3-4-5-8-13(15,16)22-12-11(19-23-20-12)10-7-6-9-21(2)14(10,17)18/h7H,3-6,8-9,15-18H2,1-2H3. The zero-order valence-corrected chi connectivity index (χ0v) is 16.3. The summed E-state index contributed by atoms with van der Waals surface area (Å²) in [6, 6.07) is 0. The third kappa shape index (κ3) is 4.44. The number of unbranched alkanes of at least 4 members (excludes halogenated alkanes) is 2. The fourth-order valence-electron chi connectivity index (χ4n) is 3.05. The van der Waals surface area contributed by atoms with Crippen molar-refractivity contribution in [1.82, 2.24) is 13.6 Å². The van der Waals surface area contributed by atoms with Crippen molar-refractivity contribution in [3.8, 4) is 5.88 Å². The van der Waals surface area contributed by atoms with Gasteiger partial charge in [0, 0.05) is 11.9 Å². The number of nitrogens with zero attached hydrogens (tertiary/aromatic N) is 3. The Labute approximate surface area is 148 Å². The SMILES string of the molecule is BC(B)(CCCCC)Oc1nsnc1C1=CCCN(C)C1(B)B. The van der Waals surface area contributed by atoms with Crippen LogP contribution in [0.3, 0.4) is 0 Å². The van der Waals surface area contributed by atoms with E-state index in [-0.39, 0.29) is 10.7 Å². The Morgan fingerprint density at radius 3 is 2.78 bits per heavy atom. The number of rotatable bonds is 7. The Morgan fingerprint density at radius 1 is 1.35 bits per heavy atom. The van der Waals surface area contributed by atoms with Crippen molar-refractivity contribution in [2.24, 2.45) is 0 Å². The van der Waals surface area contributed by atoms with Gasteiger partial charge in [-0.2, -0.15) is 4.37 Å². The molecule has 23 heavy (non-hydrogen) atoms. The van der Waals surface area contributed by atoms with E-state index in [0.717, 1.165) is 25.1 Å². The van der Waals surface area contributed by atoms with Crippen LogP contribution in [0, 0.1) is 0 Å². The molecule has 0 unspecified atom stereocenters. The van der Waals surface area contributed by atoms with Crippen molar-refractivity contribution in [2.45, 2.75) is 49.8 Å². The first-order chi connectivity index (χ1) is 10.8. The van der Waals surface area contributed by atoms with Crippen molar-refractivity contribution < 1.29 is 4.74 Å². The van der Waals surface area contributed by atoms with Gasteiger partial charge in [0.05, 0.1) is 11.7 Å². The van der Waals surface area contributed by atoms with E-state index < -0.39 is 0 Å². The average Bonchev–Trinajstić information content (AvgIpc) is 2.89. The van der Waals surface area contributed by atoms with Crippen molar-refractivity contribution in [3.05, 3.63) is 11.8 Å². The number of aromatic nitrogens is 2. The largest absolute Gasteiger partial charge is 0.488 e. The molecule has 2 rings (SSSR count). The van der Waals surface area contributed by atoms with Gasteiger partial charge in [-0.1, -0.05) is 32.3 Å². The molecule has 0 radical (unpaired) electrons. The number of likely N-dealkylation sites (N-methyl/N-ethyl adjacent to an activating group) is 1. The van der Waals surface area contributed by atoms with Crippen LogP contribution in [0.5, 0.6) is 5.88 Å². The first-order valence-corrected chi connectivity index (χ1v) is 9.45. The summed E-state index contributed by atoms with van der Waals surface area (Å²) in [6.45, 7) is 3.30. The van der Waals surface area contributed by atoms with Gasteiger partial charge in [0.25, 0.3) is 5.88 Å². The van der Waals surface area contributed by atoms with E-state index >= 15 is 0 Å². The molecule has 0 amide bonds. The molecular formula is C14H27B4N3OS. The average molecular weight is 329 g/mol. The molecule has 0 saturated carbocycles. The molecule has 1 aromatic heterocycles. The molecule has 1 aromatic rings. The van der Waals surface area contributed by atoms with Crippen LogP contribution < -0.4 is 4.74 Å². The van der Waals surface area contributed by atoms with Gasteiger partial charge in [-0.3, -0.25) is 0 Å². The predicted octanol–water partition coefficient (Wildman–Crippen LogP) is -0.944. The van der Waals surface area contributed by atoms with E-state index in [1.54, 1.807) is 0 Å². The summed E-state index contributed by atoms with van der Waals surface area (Å²) in [6.07, 6.45) is 8.05. The first-order valence-electron chi connectivity index (χ1n) is 8.72. The van der Waals surface area contributed by atoms with Crippen LogP contribution >= 0.6 is 11.7 Å². The van der Waals surface area contributed by atoms with Crippen molar-refractivity contribution in [3.63, 3.8) is 0 Å². The summed E-state index contributed by atoms with van der Waals surface area (Å²) in [5, 5.41) is -0.247. The fourth-order valence-corrected chi connectivity index (χ4v) is 3.55. The van der Waals surface area contributed by atoms with Crippen LogP contribution in [-0.4, -0.2) is 69.4 Å². The molecule has 0 fully saturated rings. The lowest BCUT2D eigenvalue weighted by Gasteiger charge is -2.41. The second-order valence-electron chi connectivity index (χ2n) is 7.62. The number of hydrogen-bond donors (Lipinski definition) is 0. The third-order valence-electron chi connectivity index (χ3n) is 4.90. The minimum Gasteiger partial charge on any atom is -0.488 e. The highest BCUT2D eigenvalue weighted by atomic mass is 32.1. The van der Waals surface area contributed by atoms with Crippen LogP contribution in [0.4, 0.5) is 0 Å². The second-order valence-corrected chi connectivity index (χ2v) is 8.15. The number of ether oxygens (including phenoxy) is 1. The lowest BCUT2D eigenvalue weighted by atomic mass is 9.55. The van der Waals surface area contributed by atoms with Crippen LogP contribution in [0.2, 0.25) is 0 Å². The molecule has 122 valence electrons. The van der Waals surface area contributed by atoms with Crippen LogP contribution in [0.1, 0.15) is 44.7 Å². The predicted molar refractivity (Wildman–Crippen MR) is 110 cm³/mol. The lowest BCUT2D eigenvalue weighted by molar-refractivity contribution is 0.216. The van der Waals surface area contributed by atoms with Gasteiger partial charge < -0.3 is 9.64 Å². The van der Waals surface area contributed by atoms with Crippen LogP contribution in [-0.2, 0) is 0 Å². The minimum atomic E-state index is -0.203. The fraction of sp³-hybridized carbons (Fsp3) is 0.714. The highest BCUT2D eigenvalue weighted by molar-refractivity contribution is 6.99. The Kier molecular flexibility index (Phi) is 6.06. The molecule has 0 aliphatic carbocycles. The van der Waals surface area contributed by atoms with Gasteiger partial charge in [-0.15, -0.1) is 4.37 Å². The van der Waals surface area contributed by atoms with Gasteiger partial charge in [-0.25, -0.2) is 0 Å². The molecular weight excluding hydrogens is 301 g/mol. The van der Waals surface area contributed by atoms with Gasteiger partial charge in [0.15, 0.2) is 0 Å². The van der Waals surface area contributed by atoms with Gasteiger partial charge in [0.2, 0.25) is 0 Å². The normalized spacial score (nSPS) is 18.6. The third-order valence-corrected chi connectivity index (χ3v) is 5.41. The molecule has 2 heterocycles. The number of hydrogen-bond acceptors (Lipinski definition) is 5. The maximum absolute atomic E-state index is 6.28. The molecule has 1 aliphatic rings. The lowest BCUT2D eigenvalue weighted by Crippen LogP contribution is -2.51. The summed E-state index contributed by atoms with van der Waals surface area (Å²) in [7, 11) is 11.0. The molecule has 0 saturated heterocycles. The molecule has 1 aliphatic heterocycles. The zero-order chi connectivity index (χ0) is 17.1. The van der Waals surface area contributed by atoms with Crippen molar-refractivity contribution in [2.75, 3.05) is 13.6 Å². The smallest absolute Gasteiger partial charge is 0.252 e. The van der Waals surface area contributed by atoms with Crippen molar-refractivity contribution in [1.29, 1.82) is 0 Å². The molecule has 4 nitrogen and oxygen atoms in total. The quantitative estimate of drug-likeness (QED) is 0.478. The summed E-state index contributed by atoms with van der Waals surface area (Å²) >= 11 is 1.25. The Morgan fingerprint density at radius 2 is 2.09 bits per heavy atom. The van der Waals surface area contributed by atoms with Gasteiger partial charge in [-0.05, 0) is 30.8 Å². The van der Waals surface area contributed by atoms with E-state index in [9.17, 15) is 0 Å². The van der Waals surface area contributed by atoms with Gasteiger partial charge in [0.1, 0.15) is 37.1 Å². The monoisotopic (exact) mass is 329 g/mol. The Bertz CT molecular complexity index is 562. The molecule has 0 N–H and O–H groups in total. The van der Waals surface area contributed by atoms with E-state index in [0.29, 0.717) is 5.88 Å². The molecule has 0 bridgehead atoms. The summed E-state index contributed by atoms with van der Waals surface area (Å²) in [5.41, 5.74) is 2.16. The van der Waals surface area contributed by atoms with Crippen LogP contribution in [0.25, 0.3) is 5.57 Å². The Balaban J connectivity index is 2.18. The molecule has 0 aromatic carbocycles. The van der Waals surface area contributed by atoms with E-state index in [2.05, 4.69) is 65.1 Å². The summed E-state index contributed by atoms with van der Waals surface area (Å²) in [5.74, 6) is 0.700.